The lowest BCUT2D eigenvalue weighted by Crippen LogP contribution is -2.45. The van der Waals surface area contributed by atoms with Crippen molar-refractivity contribution in [2.24, 2.45) is 0 Å². The van der Waals surface area contributed by atoms with Gasteiger partial charge in [-0.05, 0) is 22.8 Å². The molecule has 26 heavy (non-hydrogen) atoms. The van der Waals surface area contributed by atoms with E-state index in [4.69, 9.17) is 0 Å². The first-order valence-corrected chi connectivity index (χ1v) is 9.67. The number of rotatable bonds is 4. The Kier molecular flexibility index (Phi) is 4.96. The molecule has 1 aliphatic rings. The summed E-state index contributed by atoms with van der Waals surface area (Å²) in [7, 11) is 0. The third-order valence-electron chi connectivity index (χ3n) is 4.78. The van der Waals surface area contributed by atoms with Crippen LogP contribution >= 0.6 is 11.3 Å². The second-order valence-electron chi connectivity index (χ2n) is 6.43. The summed E-state index contributed by atoms with van der Waals surface area (Å²) in [4.78, 5) is 9.26. The van der Waals surface area contributed by atoms with Crippen molar-refractivity contribution in [2.75, 3.05) is 31.1 Å². The number of hydrogen-bond donors (Lipinski definition) is 0. The van der Waals surface area contributed by atoms with Gasteiger partial charge in [-0.15, -0.1) is 11.3 Å². The molecule has 1 aliphatic heterocycles. The third-order valence-corrected chi connectivity index (χ3v) is 5.61. The molecule has 0 spiro atoms. The van der Waals surface area contributed by atoms with Crippen molar-refractivity contribution >= 4 is 16.5 Å². The summed E-state index contributed by atoms with van der Waals surface area (Å²) in [6.45, 7) is 5.13. The zero-order valence-electron chi connectivity index (χ0n) is 14.5. The summed E-state index contributed by atoms with van der Waals surface area (Å²) in [5, 5.41) is 12.4. The largest absolute Gasteiger partial charge is 0.346 e. The molecule has 4 nitrogen and oxygen atoms in total. The van der Waals surface area contributed by atoms with E-state index in [0.29, 0.717) is 0 Å². The van der Waals surface area contributed by atoms with Crippen molar-refractivity contribution in [1.82, 2.24) is 9.88 Å². The fourth-order valence-electron chi connectivity index (χ4n) is 3.35. The molecule has 0 N–H and O–H groups in total. The van der Waals surface area contributed by atoms with E-state index in [0.717, 1.165) is 54.5 Å². The summed E-state index contributed by atoms with van der Waals surface area (Å²) >= 11 is 1.71. The maximum Gasteiger partial charge on any atom is 0.185 e. The fourth-order valence-corrected chi connectivity index (χ4v) is 4.05. The van der Waals surface area contributed by atoms with Gasteiger partial charge in [-0.1, -0.05) is 42.5 Å². The second kappa shape index (κ2) is 7.69. The van der Waals surface area contributed by atoms with Crippen LogP contribution in [0.2, 0.25) is 0 Å². The van der Waals surface area contributed by atoms with Gasteiger partial charge in [0.1, 0.15) is 0 Å². The van der Waals surface area contributed by atoms with Gasteiger partial charge < -0.3 is 4.90 Å². The number of piperazine rings is 1. The minimum Gasteiger partial charge on any atom is -0.346 e. The van der Waals surface area contributed by atoms with Crippen LogP contribution in [0.5, 0.6) is 0 Å². The van der Waals surface area contributed by atoms with E-state index >= 15 is 0 Å². The Labute approximate surface area is 158 Å². The van der Waals surface area contributed by atoms with Crippen molar-refractivity contribution < 1.29 is 0 Å². The molecule has 3 aromatic rings. The van der Waals surface area contributed by atoms with Crippen LogP contribution in [0.3, 0.4) is 0 Å². The average Bonchev–Trinajstić information content (AvgIpc) is 3.24. The topological polar surface area (TPSA) is 43.2 Å². The molecule has 0 radical (unpaired) electrons. The SMILES string of the molecule is N#Cc1ccccc1-c1ccc(CN2CCN(c3nccs3)CC2)cc1. The van der Waals surface area contributed by atoms with E-state index < -0.39 is 0 Å². The normalized spacial score (nSPS) is 15.0. The van der Waals surface area contributed by atoms with E-state index in [1.807, 2.05) is 35.8 Å². The number of nitriles is 1. The van der Waals surface area contributed by atoms with Gasteiger partial charge in [0.05, 0.1) is 11.6 Å². The van der Waals surface area contributed by atoms with E-state index in [9.17, 15) is 5.26 Å². The summed E-state index contributed by atoms with van der Waals surface area (Å²) in [6.07, 6.45) is 1.87. The zero-order valence-corrected chi connectivity index (χ0v) is 15.3. The molecule has 0 atom stereocenters. The Hall–Kier alpha value is -2.68. The van der Waals surface area contributed by atoms with Crippen molar-refractivity contribution in [3.63, 3.8) is 0 Å². The predicted molar refractivity (Wildman–Crippen MR) is 106 cm³/mol. The highest BCUT2D eigenvalue weighted by Crippen LogP contribution is 2.24. The third kappa shape index (κ3) is 3.62. The van der Waals surface area contributed by atoms with Crippen LogP contribution in [0.1, 0.15) is 11.1 Å². The number of anilines is 1. The zero-order chi connectivity index (χ0) is 17.8. The minimum atomic E-state index is 0.721. The lowest BCUT2D eigenvalue weighted by Gasteiger charge is -2.34. The molecule has 0 aliphatic carbocycles. The number of nitrogens with zero attached hydrogens (tertiary/aromatic N) is 4. The number of hydrogen-bond acceptors (Lipinski definition) is 5. The Morgan fingerprint density at radius 2 is 1.77 bits per heavy atom. The molecule has 4 rings (SSSR count). The van der Waals surface area contributed by atoms with Gasteiger partial charge in [-0.2, -0.15) is 5.26 Å². The van der Waals surface area contributed by atoms with Crippen molar-refractivity contribution in [1.29, 1.82) is 5.26 Å². The number of benzene rings is 2. The molecular weight excluding hydrogens is 340 g/mol. The molecular formula is C21H20N4S. The maximum absolute atomic E-state index is 9.28. The number of aromatic nitrogens is 1. The highest BCUT2D eigenvalue weighted by molar-refractivity contribution is 7.13. The van der Waals surface area contributed by atoms with Gasteiger partial charge in [0.2, 0.25) is 0 Å². The Balaban J connectivity index is 1.39. The molecule has 0 bridgehead atoms. The van der Waals surface area contributed by atoms with Gasteiger partial charge >= 0.3 is 0 Å². The van der Waals surface area contributed by atoms with Crippen LogP contribution in [-0.2, 0) is 6.54 Å². The summed E-state index contributed by atoms with van der Waals surface area (Å²) < 4.78 is 0. The molecule has 0 amide bonds. The highest BCUT2D eigenvalue weighted by atomic mass is 32.1. The van der Waals surface area contributed by atoms with Crippen LogP contribution in [0, 0.1) is 11.3 Å². The maximum atomic E-state index is 9.28. The quantitative estimate of drug-likeness (QED) is 0.705. The molecule has 1 fully saturated rings. The monoisotopic (exact) mass is 360 g/mol. The van der Waals surface area contributed by atoms with Crippen molar-refractivity contribution in [3.8, 4) is 17.2 Å². The second-order valence-corrected chi connectivity index (χ2v) is 7.31. The van der Waals surface area contributed by atoms with Gasteiger partial charge in [-0.25, -0.2) is 4.98 Å². The van der Waals surface area contributed by atoms with Gasteiger partial charge in [0.25, 0.3) is 0 Å². The molecule has 5 heteroatoms. The molecule has 0 unspecified atom stereocenters. The highest BCUT2D eigenvalue weighted by Gasteiger charge is 2.18. The lowest BCUT2D eigenvalue weighted by molar-refractivity contribution is 0.250. The van der Waals surface area contributed by atoms with E-state index in [2.05, 4.69) is 45.1 Å². The predicted octanol–water partition coefficient (Wildman–Crippen LogP) is 4.00. The van der Waals surface area contributed by atoms with Crippen LogP contribution in [0.25, 0.3) is 11.1 Å². The molecule has 1 aromatic heterocycles. The molecule has 130 valence electrons. The molecule has 0 saturated carbocycles. The van der Waals surface area contributed by atoms with Gasteiger partial charge in [0.15, 0.2) is 5.13 Å². The fraction of sp³-hybridized carbons (Fsp3) is 0.238. The smallest absolute Gasteiger partial charge is 0.185 e. The van der Waals surface area contributed by atoms with Crippen LogP contribution in [0.4, 0.5) is 5.13 Å². The van der Waals surface area contributed by atoms with Gasteiger partial charge in [0, 0.05) is 44.3 Å². The van der Waals surface area contributed by atoms with Gasteiger partial charge in [-0.3, -0.25) is 4.90 Å². The van der Waals surface area contributed by atoms with E-state index in [-0.39, 0.29) is 0 Å². The Morgan fingerprint density at radius 1 is 1.00 bits per heavy atom. The first-order valence-electron chi connectivity index (χ1n) is 8.79. The summed E-state index contributed by atoms with van der Waals surface area (Å²) in [5.74, 6) is 0. The Morgan fingerprint density at radius 3 is 2.46 bits per heavy atom. The van der Waals surface area contributed by atoms with E-state index in [1.165, 1.54) is 5.56 Å². The summed E-state index contributed by atoms with van der Waals surface area (Å²) in [6, 6.07) is 18.6. The van der Waals surface area contributed by atoms with E-state index in [1.54, 1.807) is 11.3 Å². The first-order chi connectivity index (χ1) is 12.8. The standard InChI is InChI=1S/C21H20N4S/c22-15-19-3-1-2-4-20(19)18-7-5-17(6-8-18)16-24-10-12-25(13-11-24)21-23-9-14-26-21/h1-9,14H,10-13,16H2. The van der Waals surface area contributed by atoms with Crippen LogP contribution in [-0.4, -0.2) is 36.1 Å². The molecule has 2 heterocycles. The van der Waals surface area contributed by atoms with Crippen molar-refractivity contribution in [2.45, 2.75) is 6.54 Å². The summed E-state index contributed by atoms with van der Waals surface area (Å²) in [5.41, 5.74) is 4.13. The van der Waals surface area contributed by atoms with Crippen molar-refractivity contribution in [3.05, 3.63) is 71.2 Å². The average molecular weight is 360 g/mol. The number of thiazole rings is 1. The Bertz CT molecular complexity index is 889. The molecule has 1 saturated heterocycles. The van der Waals surface area contributed by atoms with Crippen LogP contribution in [0.15, 0.2) is 60.1 Å². The van der Waals surface area contributed by atoms with Crippen LogP contribution < -0.4 is 4.90 Å². The lowest BCUT2D eigenvalue weighted by atomic mass is 9.99. The first kappa shape index (κ1) is 16.8. The molecule has 2 aromatic carbocycles. The minimum absolute atomic E-state index is 0.721.